The number of phenolic OH excluding ortho intramolecular Hbond substituents is 1. The van der Waals surface area contributed by atoms with Crippen LogP contribution < -0.4 is 4.74 Å². The van der Waals surface area contributed by atoms with Crippen molar-refractivity contribution in [2.75, 3.05) is 14.2 Å². The number of nitrogens with zero attached hydrogens (tertiary/aromatic N) is 3. The van der Waals surface area contributed by atoms with E-state index < -0.39 is 5.97 Å². The van der Waals surface area contributed by atoms with E-state index in [1.54, 1.807) is 37.4 Å². The molecule has 0 radical (unpaired) electrons. The Hall–Kier alpha value is -3.09. The molecule has 0 bridgehead atoms. The maximum absolute atomic E-state index is 11.7. The highest BCUT2D eigenvalue weighted by Gasteiger charge is 2.23. The van der Waals surface area contributed by atoms with Crippen LogP contribution in [0.15, 0.2) is 30.3 Å². The lowest BCUT2D eigenvalue weighted by Gasteiger charge is -2.22. The first-order valence-electron chi connectivity index (χ1n) is 8.12. The van der Waals surface area contributed by atoms with Gasteiger partial charge >= 0.3 is 5.97 Å². The number of methoxy groups -OCH3 is 2. The van der Waals surface area contributed by atoms with Crippen LogP contribution in [0.25, 0.3) is 16.7 Å². The third-order valence-electron chi connectivity index (χ3n) is 4.12. The topological polar surface area (TPSA) is 86.5 Å². The summed E-state index contributed by atoms with van der Waals surface area (Å²) < 4.78 is 10.1. The van der Waals surface area contributed by atoms with E-state index in [1.165, 1.54) is 11.9 Å². The number of aromatic hydroxyl groups is 1. The Morgan fingerprint density at radius 1 is 1.08 bits per heavy atom. The van der Waals surface area contributed by atoms with Gasteiger partial charge in [0.25, 0.3) is 0 Å². The third kappa shape index (κ3) is 3.08. The van der Waals surface area contributed by atoms with Gasteiger partial charge in [-0.3, -0.25) is 0 Å². The van der Waals surface area contributed by atoms with E-state index in [2.05, 4.69) is 10.2 Å². The molecular weight excluding hydrogens is 334 g/mol. The van der Waals surface area contributed by atoms with E-state index in [0.717, 1.165) is 5.56 Å². The Kier molecular flexibility index (Phi) is 4.31. The largest absolute Gasteiger partial charge is 0.505 e. The lowest BCUT2D eigenvalue weighted by atomic mass is 9.86. The molecule has 0 spiro atoms. The average Bonchev–Trinajstić information content (AvgIpc) is 3.03. The monoisotopic (exact) mass is 355 g/mol. The van der Waals surface area contributed by atoms with Gasteiger partial charge in [-0.15, -0.1) is 15.0 Å². The van der Waals surface area contributed by atoms with Crippen LogP contribution in [0.5, 0.6) is 11.5 Å². The van der Waals surface area contributed by atoms with Crippen LogP contribution in [0.4, 0.5) is 0 Å². The quantitative estimate of drug-likeness (QED) is 0.726. The molecule has 7 heteroatoms. The van der Waals surface area contributed by atoms with Crippen molar-refractivity contribution in [1.82, 2.24) is 15.0 Å². The second-order valence-electron chi connectivity index (χ2n) is 6.98. The summed E-state index contributed by atoms with van der Waals surface area (Å²) in [6.07, 6.45) is 0. The first kappa shape index (κ1) is 17.7. The predicted octanol–water partition coefficient (Wildman–Crippen LogP) is 3.22. The number of carbonyl (C=O) groups excluding carboxylic acids is 1. The van der Waals surface area contributed by atoms with Crippen LogP contribution in [-0.2, 0) is 10.2 Å². The van der Waals surface area contributed by atoms with Gasteiger partial charge in [0.1, 0.15) is 28.2 Å². The number of carbonyl (C=O) groups is 1. The third-order valence-corrected chi connectivity index (χ3v) is 4.12. The van der Waals surface area contributed by atoms with Crippen molar-refractivity contribution in [2.45, 2.75) is 26.2 Å². The molecule has 2 aromatic carbocycles. The Bertz CT molecular complexity index is 986. The predicted molar refractivity (Wildman–Crippen MR) is 97.1 cm³/mol. The molecule has 0 unspecified atom stereocenters. The molecule has 0 atom stereocenters. The summed E-state index contributed by atoms with van der Waals surface area (Å²) in [5, 5.41) is 19.6. The van der Waals surface area contributed by atoms with Crippen LogP contribution in [0.3, 0.4) is 0 Å². The maximum atomic E-state index is 11.7. The van der Waals surface area contributed by atoms with Crippen LogP contribution in [0, 0.1) is 0 Å². The number of rotatable bonds is 3. The van der Waals surface area contributed by atoms with E-state index in [4.69, 9.17) is 9.47 Å². The van der Waals surface area contributed by atoms with Crippen LogP contribution in [0.1, 0.15) is 36.7 Å². The van der Waals surface area contributed by atoms with E-state index in [0.29, 0.717) is 28.0 Å². The SMILES string of the molecule is COC(=O)c1ccc2nn(-c3cc(OC)cc(C(C)(C)C)c3O)nc2c1. The fourth-order valence-corrected chi connectivity index (χ4v) is 2.70. The Morgan fingerprint density at radius 3 is 2.38 bits per heavy atom. The van der Waals surface area contributed by atoms with Crippen LogP contribution >= 0.6 is 0 Å². The summed E-state index contributed by atoms with van der Waals surface area (Å²) in [5.41, 5.74) is 2.34. The molecule has 0 aliphatic rings. The molecule has 136 valence electrons. The summed E-state index contributed by atoms with van der Waals surface area (Å²) in [6.45, 7) is 6.00. The lowest BCUT2D eigenvalue weighted by Crippen LogP contribution is -2.13. The van der Waals surface area contributed by atoms with E-state index in [9.17, 15) is 9.90 Å². The van der Waals surface area contributed by atoms with Gasteiger partial charge in [0.15, 0.2) is 0 Å². The highest BCUT2D eigenvalue weighted by atomic mass is 16.5. The molecule has 26 heavy (non-hydrogen) atoms. The molecule has 0 saturated heterocycles. The highest BCUT2D eigenvalue weighted by molar-refractivity contribution is 5.93. The minimum atomic E-state index is -0.444. The van der Waals surface area contributed by atoms with E-state index in [-0.39, 0.29) is 11.2 Å². The van der Waals surface area contributed by atoms with Gasteiger partial charge in [0.2, 0.25) is 0 Å². The van der Waals surface area contributed by atoms with E-state index in [1.807, 2.05) is 20.8 Å². The second kappa shape index (κ2) is 6.33. The van der Waals surface area contributed by atoms with Crippen molar-refractivity contribution >= 4 is 17.0 Å². The van der Waals surface area contributed by atoms with Crippen molar-refractivity contribution in [2.24, 2.45) is 0 Å². The van der Waals surface area contributed by atoms with Gasteiger partial charge in [-0.05, 0) is 29.7 Å². The minimum Gasteiger partial charge on any atom is -0.505 e. The first-order valence-corrected chi connectivity index (χ1v) is 8.12. The smallest absolute Gasteiger partial charge is 0.337 e. The lowest BCUT2D eigenvalue weighted by molar-refractivity contribution is 0.0601. The molecule has 1 N–H and O–H groups in total. The Morgan fingerprint density at radius 2 is 1.77 bits per heavy atom. The molecular formula is C19H21N3O4. The number of fused-ring (bicyclic) bond motifs is 1. The minimum absolute atomic E-state index is 0.0896. The zero-order valence-electron chi connectivity index (χ0n) is 15.4. The zero-order valence-corrected chi connectivity index (χ0v) is 15.4. The maximum Gasteiger partial charge on any atom is 0.337 e. The highest BCUT2D eigenvalue weighted by Crippen LogP contribution is 2.38. The number of hydrogen-bond donors (Lipinski definition) is 1. The van der Waals surface area contributed by atoms with Crippen LogP contribution in [0.2, 0.25) is 0 Å². The standard InChI is InChI=1S/C19H21N3O4/c1-19(2,3)13-9-12(25-4)10-16(17(13)23)22-20-14-7-6-11(18(24)26-5)8-15(14)21-22/h6-10,23H,1-5H3. The molecule has 7 nitrogen and oxygen atoms in total. The van der Waals surface area contributed by atoms with E-state index >= 15 is 0 Å². The number of ether oxygens (including phenoxy) is 2. The van der Waals surface area contributed by atoms with Crippen molar-refractivity contribution in [3.8, 4) is 17.2 Å². The summed E-state index contributed by atoms with van der Waals surface area (Å²) in [6, 6.07) is 8.39. The average molecular weight is 355 g/mol. The molecule has 0 saturated carbocycles. The number of esters is 1. The molecule has 1 aromatic heterocycles. The Balaban J connectivity index is 2.18. The van der Waals surface area contributed by atoms with Gasteiger partial charge in [-0.25, -0.2) is 4.79 Å². The van der Waals surface area contributed by atoms with Gasteiger partial charge in [-0.2, -0.15) is 0 Å². The fraction of sp³-hybridized carbons (Fsp3) is 0.316. The van der Waals surface area contributed by atoms with Gasteiger partial charge < -0.3 is 14.6 Å². The molecule has 1 heterocycles. The van der Waals surface area contributed by atoms with Crippen molar-refractivity contribution in [3.05, 3.63) is 41.5 Å². The number of aromatic nitrogens is 3. The normalized spacial score (nSPS) is 11.6. The van der Waals surface area contributed by atoms with Crippen molar-refractivity contribution < 1.29 is 19.4 Å². The molecule has 0 aliphatic carbocycles. The van der Waals surface area contributed by atoms with Gasteiger partial charge in [0.05, 0.1) is 19.8 Å². The summed E-state index contributed by atoms with van der Waals surface area (Å²) >= 11 is 0. The molecule has 0 amide bonds. The number of hydrogen-bond acceptors (Lipinski definition) is 6. The second-order valence-corrected chi connectivity index (χ2v) is 6.98. The van der Waals surface area contributed by atoms with Gasteiger partial charge in [-0.1, -0.05) is 20.8 Å². The molecule has 3 rings (SSSR count). The van der Waals surface area contributed by atoms with Crippen molar-refractivity contribution in [3.63, 3.8) is 0 Å². The summed E-state index contributed by atoms with van der Waals surface area (Å²) in [4.78, 5) is 13.0. The Labute approximate surface area is 151 Å². The molecule has 0 aliphatic heterocycles. The summed E-state index contributed by atoms with van der Waals surface area (Å²) in [5.74, 6) is 0.242. The number of benzene rings is 2. The van der Waals surface area contributed by atoms with Gasteiger partial charge in [0, 0.05) is 11.6 Å². The zero-order chi connectivity index (χ0) is 19.1. The number of phenols is 1. The summed E-state index contributed by atoms with van der Waals surface area (Å²) in [7, 11) is 2.89. The fourth-order valence-electron chi connectivity index (χ4n) is 2.70. The first-order chi connectivity index (χ1) is 12.2. The van der Waals surface area contributed by atoms with Crippen LogP contribution in [-0.4, -0.2) is 40.3 Å². The van der Waals surface area contributed by atoms with Crippen molar-refractivity contribution in [1.29, 1.82) is 0 Å². The molecule has 3 aromatic rings. The molecule has 0 fully saturated rings.